The molecule has 3 rings (SSSR count). The number of likely N-dealkylation sites (tertiary alicyclic amines) is 1. The summed E-state index contributed by atoms with van der Waals surface area (Å²) in [5.41, 5.74) is 1.81. The lowest BCUT2D eigenvalue weighted by molar-refractivity contribution is 0.0657. The number of benzene rings is 1. The lowest BCUT2D eigenvalue weighted by atomic mass is 10.0. The molecule has 0 bridgehead atoms. The number of hydrogen-bond donors (Lipinski definition) is 2. The number of carbonyl (C=O) groups excluding carboxylic acids is 1. The van der Waals surface area contributed by atoms with Gasteiger partial charge in [-0.1, -0.05) is 12.1 Å². The van der Waals surface area contributed by atoms with Gasteiger partial charge in [-0.05, 0) is 50.8 Å². The van der Waals surface area contributed by atoms with E-state index in [1.165, 1.54) is 6.33 Å². The Labute approximate surface area is 147 Å². The molecule has 2 amide bonds. The van der Waals surface area contributed by atoms with E-state index in [2.05, 4.69) is 20.5 Å². The van der Waals surface area contributed by atoms with Crippen LogP contribution in [0.4, 0.5) is 10.5 Å². The van der Waals surface area contributed by atoms with Crippen molar-refractivity contribution >= 4 is 11.7 Å². The summed E-state index contributed by atoms with van der Waals surface area (Å²) in [5, 5.41) is 9.81. The van der Waals surface area contributed by atoms with Crippen molar-refractivity contribution in [1.29, 1.82) is 0 Å². The second-order valence-corrected chi connectivity index (χ2v) is 6.57. The predicted molar refractivity (Wildman–Crippen MR) is 95.1 cm³/mol. The molecule has 1 saturated heterocycles. The fourth-order valence-corrected chi connectivity index (χ4v) is 3.03. The topological polar surface area (TPSA) is 83.1 Å². The van der Waals surface area contributed by atoms with Crippen molar-refractivity contribution in [2.45, 2.75) is 51.9 Å². The third-order valence-corrected chi connectivity index (χ3v) is 4.27. The second kappa shape index (κ2) is 8.11. The Bertz CT molecular complexity index is 687. The van der Waals surface area contributed by atoms with Crippen LogP contribution in [0.3, 0.4) is 0 Å². The molecule has 0 spiro atoms. The van der Waals surface area contributed by atoms with Gasteiger partial charge in [0.05, 0.1) is 18.8 Å². The first-order valence-corrected chi connectivity index (χ1v) is 8.77. The molecule has 0 aliphatic carbocycles. The zero-order chi connectivity index (χ0) is 17.6. The highest BCUT2D eigenvalue weighted by atomic mass is 16.5. The number of hydrogen-bond acceptors (Lipinski definition) is 4. The summed E-state index contributed by atoms with van der Waals surface area (Å²) >= 11 is 0. The number of nitrogens with one attached hydrogen (secondary N) is 2. The average molecular weight is 343 g/mol. The zero-order valence-corrected chi connectivity index (χ0v) is 14.7. The summed E-state index contributed by atoms with van der Waals surface area (Å²) in [6, 6.07) is 7.61. The highest BCUT2D eigenvalue weighted by Gasteiger charge is 2.29. The number of anilines is 1. The minimum Gasteiger partial charge on any atom is -0.374 e. The quantitative estimate of drug-likeness (QED) is 0.870. The molecular formula is C18H25N5O2. The molecule has 1 aromatic carbocycles. The van der Waals surface area contributed by atoms with Crippen molar-refractivity contribution in [3.63, 3.8) is 0 Å². The van der Waals surface area contributed by atoms with Gasteiger partial charge in [0.1, 0.15) is 12.2 Å². The van der Waals surface area contributed by atoms with Gasteiger partial charge in [-0.25, -0.2) is 9.78 Å². The van der Waals surface area contributed by atoms with E-state index in [-0.39, 0.29) is 18.2 Å². The maximum atomic E-state index is 12.8. The van der Waals surface area contributed by atoms with Crippen LogP contribution in [0.5, 0.6) is 0 Å². The summed E-state index contributed by atoms with van der Waals surface area (Å²) in [4.78, 5) is 18.8. The number of piperidine rings is 1. The Morgan fingerprint density at radius 1 is 1.44 bits per heavy atom. The van der Waals surface area contributed by atoms with Crippen LogP contribution in [0.15, 0.2) is 30.6 Å². The molecule has 0 radical (unpaired) electrons. The number of H-pyrrole nitrogens is 1. The molecular weight excluding hydrogens is 318 g/mol. The van der Waals surface area contributed by atoms with E-state index < -0.39 is 0 Å². The van der Waals surface area contributed by atoms with Crippen LogP contribution in [0.2, 0.25) is 0 Å². The number of rotatable bonds is 5. The maximum Gasteiger partial charge on any atom is 0.322 e. The van der Waals surface area contributed by atoms with Crippen molar-refractivity contribution in [2.24, 2.45) is 0 Å². The molecule has 1 aliphatic rings. The summed E-state index contributed by atoms with van der Waals surface area (Å²) in [5.74, 6) is 0.744. The molecule has 7 heteroatoms. The van der Waals surface area contributed by atoms with Gasteiger partial charge < -0.3 is 15.0 Å². The van der Waals surface area contributed by atoms with Crippen molar-refractivity contribution in [3.8, 4) is 0 Å². The van der Waals surface area contributed by atoms with Crippen molar-refractivity contribution < 1.29 is 9.53 Å². The molecule has 1 atom stereocenters. The smallest absolute Gasteiger partial charge is 0.322 e. The zero-order valence-electron chi connectivity index (χ0n) is 14.7. The van der Waals surface area contributed by atoms with Gasteiger partial charge in [0, 0.05) is 12.2 Å². The normalized spacial score (nSPS) is 17.7. The van der Waals surface area contributed by atoms with Crippen molar-refractivity contribution in [1.82, 2.24) is 20.1 Å². The number of amides is 2. The maximum absolute atomic E-state index is 12.8. The second-order valence-electron chi connectivity index (χ2n) is 6.57. The average Bonchev–Trinajstić information content (AvgIpc) is 3.15. The molecule has 2 N–H and O–H groups in total. The minimum absolute atomic E-state index is 0.0521. The van der Waals surface area contributed by atoms with Crippen LogP contribution in [0, 0.1) is 0 Å². The largest absolute Gasteiger partial charge is 0.374 e. The molecule has 7 nitrogen and oxygen atoms in total. The number of carbonyl (C=O) groups is 1. The van der Waals surface area contributed by atoms with E-state index in [9.17, 15) is 4.79 Å². The number of aromatic amines is 1. The number of ether oxygens (including phenoxy) is 1. The fourth-order valence-electron chi connectivity index (χ4n) is 3.03. The van der Waals surface area contributed by atoms with Gasteiger partial charge >= 0.3 is 6.03 Å². The van der Waals surface area contributed by atoms with E-state index in [4.69, 9.17) is 4.74 Å². The van der Waals surface area contributed by atoms with E-state index in [1.54, 1.807) is 0 Å². The van der Waals surface area contributed by atoms with Crippen molar-refractivity contribution in [2.75, 3.05) is 11.9 Å². The first-order valence-electron chi connectivity index (χ1n) is 8.77. The van der Waals surface area contributed by atoms with Gasteiger partial charge in [0.15, 0.2) is 0 Å². The molecule has 1 fully saturated rings. The van der Waals surface area contributed by atoms with Crippen LogP contribution in [0.1, 0.15) is 50.5 Å². The molecule has 25 heavy (non-hydrogen) atoms. The van der Waals surface area contributed by atoms with Crippen LogP contribution in [-0.2, 0) is 11.3 Å². The lowest BCUT2D eigenvalue weighted by Crippen LogP contribution is -2.41. The van der Waals surface area contributed by atoms with Crippen LogP contribution in [0.25, 0.3) is 0 Å². The summed E-state index contributed by atoms with van der Waals surface area (Å²) < 4.78 is 5.63. The first-order chi connectivity index (χ1) is 12.1. The Balaban J connectivity index is 1.67. The molecule has 0 saturated carbocycles. The molecule has 1 aromatic heterocycles. The molecule has 2 heterocycles. The molecule has 2 aromatic rings. The van der Waals surface area contributed by atoms with E-state index in [0.717, 1.165) is 36.3 Å². The lowest BCUT2D eigenvalue weighted by Gasteiger charge is -2.34. The fraction of sp³-hybridized carbons (Fsp3) is 0.500. The Morgan fingerprint density at radius 2 is 2.32 bits per heavy atom. The van der Waals surface area contributed by atoms with Crippen LogP contribution in [-0.4, -0.2) is 38.8 Å². The predicted octanol–water partition coefficient (Wildman–Crippen LogP) is 3.49. The standard InChI is InChI=1S/C18H25N5O2/c1-13(2)25-11-14-6-5-7-15(10-14)21-18(24)23-9-4-3-8-16(23)17-19-12-20-22-17/h5-7,10,12-13,16H,3-4,8-9,11H2,1-2H3,(H,21,24)(H,19,20,22)/t16-/m0/s1. The monoisotopic (exact) mass is 343 g/mol. The SMILES string of the molecule is CC(C)OCc1cccc(NC(=O)N2CCCC[C@H]2c2ncn[nH]2)c1. The Hall–Kier alpha value is -2.41. The summed E-state index contributed by atoms with van der Waals surface area (Å²) in [6.45, 7) is 5.26. The Kier molecular flexibility index (Phi) is 5.65. The van der Waals surface area contributed by atoms with Gasteiger partial charge in [-0.3, -0.25) is 5.10 Å². The van der Waals surface area contributed by atoms with Gasteiger partial charge in [-0.2, -0.15) is 5.10 Å². The highest BCUT2D eigenvalue weighted by molar-refractivity contribution is 5.89. The summed E-state index contributed by atoms with van der Waals surface area (Å²) in [7, 11) is 0. The highest BCUT2D eigenvalue weighted by Crippen LogP contribution is 2.29. The number of urea groups is 1. The molecule has 134 valence electrons. The van der Waals surface area contributed by atoms with E-state index >= 15 is 0 Å². The molecule has 0 unspecified atom stereocenters. The number of nitrogens with zero attached hydrogens (tertiary/aromatic N) is 3. The Morgan fingerprint density at radius 3 is 3.08 bits per heavy atom. The van der Waals surface area contributed by atoms with Crippen LogP contribution < -0.4 is 5.32 Å². The van der Waals surface area contributed by atoms with Gasteiger partial charge in [0.2, 0.25) is 0 Å². The minimum atomic E-state index is -0.108. The first kappa shape index (κ1) is 17.4. The van der Waals surface area contributed by atoms with Crippen molar-refractivity contribution in [3.05, 3.63) is 42.0 Å². The van der Waals surface area contributed by atoms with E-state index in [0.29, 0.717) is 13.2 Å². The third kappa shape index (κ3) is 4.57. The van der Waals surface area contributed by atoms with Gasteiger partial charge in [0.25, 0.3) is 0 Å². The van der Waals surface area contributed by atoms with E-state index in [1.807, 2.05) is 43.0 Å². The van der Waals surface area contributed by atoms with Gasteiger partial charge in [-0.15, -0.1) is 0 Å². The molecule has 1 aliphatic heterocycles. The van der Waals surface area contributed by atoms with Crippen LogP contribution >= 0.6 is 0 Å². The summed E-state index contributed by atoms with van der Waals surface area (Å²) in [6.07, 6.45) is 4.63. The number of aromatic nitrogens is 3. The third-order valence-electron chi connectivity index (χ3n) is 4.27.